The Morgan fingerprint density at radius 3 is 1.49 bits per heavy atom. The first-order valence-corrected chi connectivity index (χ1v) is 25.5. The molecule has 4 aromatic heterocycles. The van der Waals surface area contributed by atoms with Gasteiger partial charge >= 0.3 is 0 Å². The normalized spacial score (nSPS) is 17.1. The van der Waals surface area contributed by atoms with Crippen molar-refractivity contribution >= 4 is 94.4 Å². The van der Waals surface area contributed by atoms with E-state index in [9.17, 15) is 27.4 Å². The summed E-state index contributed by atoms with van der Waals surface area (Å²) in [6.45, 7) is 0. The second-order valence-corrected chi connectivity index (χ2v) is 21.0. The lowest BCUT2D eigenvalue weighted by atomic mass is 9.99. The van der Waals surface area contributed by atoms with Crippen LogP contribution in [0.1, 0.15) is 38.4 Å². The first-order chi connectivity index (χ1) is 49.4. The maximum Gasteiger partial charge on any atom is 0.238 e. The third-order valence-corrected chi connectivity index (χ3v) is 17.7. The van der Waals surface area contributed by atoms with Crippen molar-refractivity contribution in [1.82, 2.24) is 24.1 Å². The standard InChI is InChI=1S/C69H45N5OSi/c1-3-24-48(25-4-1)76(49-26-5-2-6-27-49,50-28-19-22-46(44-50)52-36-21-43-65-66(52)58-35-12-18-42-64(58)75-65)51-29-20-23-47(45-51)67-70-68(72-69(71-67)74-61-39-15-9-32-55(61)56-33-10-16-40-62(56)74)57-34-11-17-41-63(57)73-59-37-13-7-30-53(59)54-31-8-14-38-60(54)73/h1-45H/i7D,8D,9D,10D,11D,13D,14D,15D,16D,17D,19D,20D,22D,23D,28D,29D,30D,31D,32D,33D,34D,37D,38D,39D,40D,41D,44D,45D. The summed E-state index contributed by atoms with van der Waals surface area (Å²) in [5.74, 6) is -2.92. The second-order valence-electron chi connectivity index (χ2n) is 17.3. The molecule has 11 aromatic carbocycles. The molecule has 0 bridgehead atoms. The van der Waals surface area contributed by atoms with Gasteiger partial charge in [0.25, 0.3) is 0 Å². The van der Waals surface area contributed by atoms with Gasteiger partial charge in [-0.25, -0.2) is 4.98 Å². The molecule has 4 heterocycles. The predicted molar refractivity (Wildman–Crippen MR) is 316 cm³/mol. The molecule has 0 N–H and O–H groups in total. The summed E-state index contributed by atoms with van der Waals surface area (Å²) in [7, 11) is -5.11. The van der Waals surface area contributed by atoms with Crippen molar-refractivity contribution in [3.8, 4) is 45.5 Å². The van der Waals surface area contributed by atoms with E-state index in [1.165, 1.54) is 0 Å². The summed E-state index contributed by atoms with van der Waals surface area (Å²) in [4.78, 5) is 14.4. The molecule has 7 heteroatoms. The van der Waals surface area contributed by atoms with Gasteiger partial charge in [0.2, 0.25) is 5.95 Å². The van der Waals surface area contributed by atoms with Crippen LogP contribution >= 0.6 is 0 Å². The van der Waals surface area contributed by atoms with Crippen LogP contribution in [-0.4, -0.2) is 32.2 Å². The molecule has 0 unspecified atom stereocenters. The van der Waals surface area contributed by atoms with Gasteiger partial charge < -0.3 is 8.98 Å². The summed E-state index contributed by atoms with van der Waals surface area (Å²) < 4.78 is 274. The van der Waals surface area contributed by atoms with E-state index in [1.807, 2.05) is 0 Å². The lowest BCUT2D eigenvalue weighted by molar-refractivity contribution is 0.669. The zero-order valence-electron chi connectivity index (χ0n) is 67.0. The summed E-state index contributed by atoms with van der Waals surface area (Å²) in [5.41, 5.74) is -4.41. The van der Waals surface area contributed by atoms with Gasteiger partial charge in [-0.3, -0.25) is 4.57 Å². The van der Waals surface area contributed by atoms with Gasteiger partial charge in [0.1, 0.15) is 11.2 Å². The van der Waals surface area contributed by atoms with E-state index in [0.717, 1.165) is 9.13 Å². The number of nitrogens with zero attached hydrogens (tertiary/aromatic N) is 5. The fraction of sp³-hybridized carbons (Fsp3) is 0. The summed E-state index contributed by atoms with van der Waals surface area (Å²) in [6.07, 6.45) is 0. The van der Waals surface area contributed by atoms with Crippen LogP contribution in [0.4, 0.5) is 0 Å². The molecule has 0 spiro atoms. The SMILES string of the molecule is [2H]c1c([2H])c([2H])c(-n2c3c([2H])c([2H])c([2H])c([2H])c3c3c([2H])c([2H])c([2H])c([2H])c32)c(-c2nc(-c3c([2H])c([2H])c([2H])c([Si](c4ccccc4)(c4ccccc4)c4c([2H])c([2H])c([2H])c(-c5cccc6oc7ccccc7c56)c4[2H])c3[2H])nc(-n3c4c([2H])c([2H])c([2H])c([2H])c4c4c([2H])c([2H])c([2H])c([2H])c43)n2)c1[2H]. The summed E-state index contributed by atoms with van der Waals surface area (Å²) in [5, 5.41) is -1.48. The van der Waals surface area contributed by atoms with Gasteiger partial charge in [-0.15, -0.1) is 0 Å². The minimum Gasteiger partial charge on any atom is -0.456 e. The topological polar surface area (TPSA) is 61.7 Å². The van der Waals surface area contributed by atoms with Gasteiger partial charge in [0.15, 0.2) is 19.7 Å². The molecule has 0 saturated heterocycles. The number of furan rings is 1. The number of aromatic nitrogens is 5. The summed E-state index contributed by atoms with van der Waals surface area (Å²) in [6, 6.07) is 3.29. The largest absolute Gasteiger partial charge is 0.456 e. The van der Waals surface area contributed by atoms with Gasteiger partial charge in [0.05, 0.1) is 66.1 Å². The highest BCUT2D eigenvalue weighted by molar-refractivity contribution is 7.20. The summed E-state index contributed by atoms with van der Waals surface area (Å²) >= 11 is 0. The van der Waals surface area contributed by atoms with Crippen molar-refractivity contribution in [2.45, 2.75) is 0 Å². The van der Waals surface area contributed by atoms with Crippen molar-refractivity contribution in [2.24, 2.45) is 0 Å². The Labute approximate surface area is 478 Å². The molecule has 76 heavy (non-hydrogen) atoms. The quantitative estimate of drug-likeness (QED) is 0.107. The number of hydrogen-bond acceptors (Lipinski definition) is 4. The first kappa shape index (κ1) is 23.9. The van der Waals surface area contributed by atoms with Crippen LogP contribution in [0.3, 0.4) is 0 Å². The molecule has 15 aromatic rings. The van der Waals surface area contributed by atoms with Crippen molar-refractivity contribution in [1.29, 1.82) is 0 Å². The predicted octanol–water partition coefficient (Wildman–Crippen LogP) is 14.3. The average Bonchev–Trinajstić information content (AvgIpc) is 1.10. The molecule has 0 amide bonds. The highest BCUT2D eigenvalue weighted by Crippen LogP contribution is 2.39. The van der Waals surface area contributed by atoms with Crippen LogP contribution in [0.2, 0.25) is 0 Å². The number of rotatable bonds is 9. The molecule has 0 fully saturated rings. The Morgan fingerprint density at radius 2 is 0.855 bits per heavy atom. The van der Waals surface area contributed by atoms with Gasteiger partial charge in [0, 0.05) is 43.4 Å². The monoisotopic (exact) mass is 1020 g/mol. The van der Waals surface area contributed by atoms with Crippen LogP contribution < -0.4 is 20.7 Å². The lowest BCUT2D eigenvalue weighted by Gasteiger charge is -2.35. The van der Waals surface area contributed by atoms with E-state index >= 15 is 0 Å². The maximum absolute atomic E-state index is 11.0. The van der Waals surface area contributed by atoms with Crippen LogP contribution in [0, 0.1) is 0 Å². The van der Waals surface area contributed by atoms with Gasteiger partial charge in [-0.05, 0) is 80.3 Å². The van der Waals surface area contributed by atoms with E-state index in [1.54, 1.807) is 103 Å². The Hall–Kier alpha value is -9.95. The van der Waals surface area contributed by atoms with E-state index in [4.69, 9.17) is 30.3 Å². The molecule has 0 aliphatic rings. The van der Waals surface area contributed by atoms with Crippen LogP contribution in [0.5, 0.6) is 0 Å². The van der Waals surface area contributed by atoms with Crippen molar-refractivity contribution in [2.75, 3.05) is 0 Å². The molecule has 6 nitrogen and oxygen atoms in total. The fourth-order valence-corrected chi connectivity index (χ4v) is 14.4. The molecular formula is C69H45N5OSi. The van der Waals surface area contributed by atoms with E-state index < -0.39 is 260 Å². The number of para-hydroxylation sites is 6. The molecule has 0 atom stereocenters. The van der Waals surface area contributed by atoms with Crippen LogP contribution in [-0.2, 0) is 0 Å². The molecule has 356 valence electrons. The molecule has 0 radical (unpaired) electrons. The van der Waals surface area contributed by atoms with E-state index in [0.29, 0.717) is 21.9 Å². The van der Waals surface area contributed by atoms with Gasteiger partial charge in [-0.2, -0.15) is 9.97 Å². The third-order valence-electron chi connectivity index (χ3n) is 13.3. The first-order valence-electron chi connectivity index (χ1n) is 37.5. The molecule has 15 rings (SSSR count). The van der Waals surface area contributed by atoms with Crippen molar-refractivity contribution < 1.29 is 42.8 Å². The van der Waals surface area contributed by atoms with E-state index in [2.05, 4.69) is 0 Å². The van der Waals surface area contributed by atoms with Gasteiger partial charge in [-0.1, -0.05) is 224 Å². The minimum atomic E-state index is -5.11. The minimum absolute atomic E-state index is 0.171. The Bertz CT molecular complexity index is 6230. The molecule has 0 aliphatic carbocycles. The Kier molecular flexibility index (Phi) is 5.55. The lowest BCUT2D eigenvalue weighted by Crippen LogP contribution is -2.74. The number of hydrogen-bond donors (Lipinski definition) is 0. The maximum atomic E-state index is 11.0. The Balaban J connectivity index is 1.17. The second kappa shape index (κ2) is 17.6. The number of fused-ring (bicyclic) bond motifs is 9. The fourth-order valence-electron chi connectivity index (χ4n) is 10.1. The zero-order valence-corrected chi connectivity index (χ0v) is 40.0. The van der Waals surface area contributed by atoms with Crippen LogP contribution in [0.15, 0.2) is 277 Å². The molecule has 0 saturated carbocycles. The smallest absolute Gasteiger partial charge is 0.238 e. The van der Waals surface area contributed by atoms with Crippen molar-refractivity contribution in [3.05, 3.63) is 272 Å². The number of benzene rings is 11. The molecular weight excluding hydrogens is 943 g/mol. The highest BCUT2D eigenvalue weighted by atomic mass is 28.3. The van der Waals surface area contributed by atoms with Crippen LogP contribution in [0.25, 0.3) is 111 Å². The third kappa shape index (κ3) is 6.76. The average molecular weight is 1020 g/mol. The highest BCUT2D eigenvalue weighted by Gasteiger charge is 2.42. The Morgan fingerprint density at radius 1 is 0.355 bits per heavy atom. The van der Waals surface area contributed by atoms with E-state index in [-0.39, 0.29) is 26.7 Å². The van der Waals surface area contributed by atoms with Crippen molar-refractivity contribution in [3.63, 3.8) is 0 Å². The molecule has 0 aliphatic heterocycles. The zero-order chi connectivity index (χ0) is 74.5.